The number of piperidine rings is 1. The smallest absolute Gasteiger partial charge is 0.409 e. The summed E-state index contributed by atoms with van der Waals surface area (Å²) in [4.78, 5) is 25.5. The first-order chi connectivity index (χ1) is 10.8. The van der Waals surface area contributed by atoms with E-state index in [0.29, 0.717) is 45.4 Å². The van der Waals surface area contributed by atoms with Gasteiger partial charge in [-0.3, -0.25) is 4.79 Å². The number of nitrogens with one attached hydrogen (secondary N) is 1. The lowest BCUT2D eigenvalue weighted by molar-refractivity contribution is -0.125. The van der Waals surface area contributed by atoms with E-state index in [0.717, 1.165) is 4.31 Å². The summed E-state index contributed by atoms with van der Waals surface area (Å²) in [6.07, 6.45) is 1.99. The van der Waals surface area contributed by atoms with Crippen LogP contribution in [0, 0.1) is 0 Å². The SMILES string of the molecule is CCOC(=O)N1CCC(NC(=O)C2CCCN2S(N)(=O)=O)CC1. The van der Waals surface area contributed by atoms with Crippen LogP contribution >= 0.6 is 0 Å². The average Bonchev–Trinajstić information content (AvgIpc) is 2.98. The maximum absolute atomic E-state index is 12.3. The van der Waals surface area contributed by atoms with Crippen LogP contribution < -0.4 is 10.5 Å². The first-order valence-corrected chi connectivity index (χ1v) is 9.35. The fourth-order valence-corrected chi connectivity index (χ4v) is 3.96. The van der Waals surface area contributed by atoms with E-state index in [2.05, 4.69) is 5.32 Å². The van der Waals surface area contributed by atoms with Gasteiger partial charge in [-0.15, -0.1) is 0 Å². The highest BCUT2D eigenvalue weighted by Gasteiger charge is 2.38. The molecule has 2 aliphatic heterocycles. The Morgan fingerprint density at radius 3 is 2.43 bits per heavy atom. The quantitative estimate of drug-likeness (QED) is 0.702. The van der Waals surface area contributed by atoms with Crippen LogP contribution in [0.25, 0.3) is 0 Å². The monoisotopic (exact) mass is 348 g/mol. The van der Waals surface area contributed by atoms with Gasteiger partial charge >= 0.3 is 6.09 Å². The summed E-state index contributed by atoms with van der Waals surface area (Å²) in [7, 11) is -3.86. The molecular formula is C13H24N4O5S. The molecule has 0 aromatic carbocycles. The lowest BCUT2D eigenvalue weighted by Gasteiger charge is -2.32. The van der Waals surface area contributed by atoms with Crippen molar-refractivity contribution in [1.82, 2.24) is 14.5 Å². The molecule has 1 atom stereocenters. The maximum atomic E-state index is 12.3. The van der Waals surface area contributed by atoms with E-state index in [9.17, 15) is 18.0 Å². The van der Waals surface area contributed by atoms with Crippen molar-refractivity contribution in [1.29, 1.82) is 0 Å². The third-order valence-corrected chi connectivity index (χ3v) is 5.29. The molecule has 0 bridgehead atoms. The zero-order chi connectivity index (χ0) is 17.0. The molecule has 2 heterocycles. The van der Waals surface area contributed by atoms with Gasteiger partial charge in [0.1, 0.15) is 6.04 Å². The molecule has 0 radical (unpaired) electrons. The van der Waals surface area contributed by atoms with Gasteiger partial charge in [0, 0.05) is 25.7 Å². The highest BCUT2D eigenvalue weighted by atomic mass is 32.2. The predicted molar refractivity (Wildman–Crippen MR) is 82.6 cm³/mol. The van der Waals surface area contributed by atoms with Crippen LogP contribution in [-0.2, 0) is 19.7 Å². The number of nitrogens with two attached hydrogens (primary N) is 1. The van der Waals surface area contributed by atoms with E-state index in [-0.39, 0.29) is 24.6 Å². The molecule has 132 valence electrons. The minimum Gasteiger partial charge on any atom is -0.450 e. The number of hydrogen-bond acceptors (Lipinski definition) is 5. The molecular weight excluding hydrogens is 324 g/mol. The Kier molecular flexibility index (Phi) is 5.82. The van der Waals surface area contributed by atoms with Crippen LogP contribution in [0.15, 0.2) is 0 Å². The summed E-state index contributed by atoms with van der Waals surface area (Å²) < 4.78 is 29.0. The number of amides is 2. The van der Waals surface area contributed by atoms with Crippen molar-refractivity contribution >= 4 is 22.2 Å². The molecule has 9 nitrogen and oxygen atoms in total. The predicted octanol–water partition coefficient (Wildman–Crippen LogP) is -0.609. The minimum absolute atomic E-state index is 0.0731. The number of carbonyl (C=O) groups is 2. The number of nitrogens with zero attached hydrogens (tertiary/aromatic N) is 2. The van der Waals surface area contributed by atoms with Gasteiger partial charge in [-0.2, -0.15) is 12.7 Å². The second-order valence-corrected chi connectivity index (χ2v) is 7.28. The van der Waals surface area contributed by atoms with Crippen LogP contribution in [-0.4, -0.2) is 67.9 Å². The summed E-state index contributed by atoms with van der Waals surface area (Å²) in [5.41, 5.74) is 0. The first-order valence-electron chi connectivity index (χ1n) is 7.84. The van der Waals surface area contributed by atoms with Gasteiger partial charge in [-0.25, -0.2) is 9.93 Å². The largest absolute Gasteiger partial charge is 0.450 e. The standard InChI is InChI=1S/C13H24N4O5S/c1-2-22-13(19)16-8-5-10(6-9-16)15-12(18)11-4-3-7-17(11)23(14,20)21/h10-11H,2-9H2,1H3,(H,15,18)(H2,14,20,21). The Labute approximate surface area is 136 Å². The topological polar surface area (TPSA) is 122 Å². The Morgan fingerprint density at radius 2 is 1.87 bits per heavy atom. The van der Waals surface area contributed by atoms with Crippen molar-refractivity contribution in [2.75, 3.05) is 26.2 Å². The number of ether oxygens (including phenoxy) is 1. The molecule has 2 aliphatic rings. The van der Waals surface area contributed by atoms with Crippen molar-refractivity contribution in [3.05, 3.63) is 0 Å². The fraction of sp³-hybridized carbons (Fsp3) is 0.846. The Morgan fingerprint density at radius 1 is 1.22 bits per heavy atom. The van der Waals surface area contributed by atoms with Crippen molar-refractivity contribution in [3.8, 4) is 0 Å². The number of carbonyl (C=O) groups excluding carboxylic acids is 2. The van der Waals surface area contributed by atoms with Crippen molar-refractivity contribution in [2.45, 2.75) is 44.7 Å². The molecule has 0 aromatic heterocycles. The second kappa shape index (κ2) is 7.45. The molecule has 0 spiro atoms. The molecule has 2 fully saturated rings. The van der Waals surface area contributed by atoms with E-state index in [4.69, 9.17) is 9.88 Å². The van der Waals surface area contributed by atoms with E-state index < -0.39 is 16.3 Å². The van der Waals surface area contributed by atoms with Gasteiger partial charge in [0.05, 0.1) is 6.61 Å². The molecule has 0 aromatic rings. The lowest BCUT2D eigenvalue weighted by atomic mass is 10.0. The number of hydrogen-bond donors (Lipinski definition) is 2. The third-order valence-electron chi connectivity index (χ3n) is 4.20. The molecule has 0 aliphatic carbocycles. The molecule has 2 amide bonds. The van der Waals surface area contributed by atoms with E-state index in [1.165, 1.54) is 0 Å². The highest BCUT2D eigenvalue weighted by molar-refractivity contribution is 7.86. The van der Waals surface area contributed by atoms with Crippen LogP contribution in [0.3, 0.4) is 0 Å². The van der Waals surface area contributed by atoms with Gasteiger partial charge in [0.25, 0.3) is 10.2 Å². The van der Waals surface area contributed by atoms with E-state index in [1.807, 2.05) is 0 Å². The van der Waals surface area contributed by atoms with Crippen molar-refractivity contribution in [2.24, 2.45) is 5.14 Å². The number of likely N-dealkylation sites (tertiary alicyclic amines) is 1. The Balaban J connectivity index is 1.84. The second-order valence-electron chi connectivity index (χ2n) is 5.78. The maximum Gasteiger partial charge on any atom is 0.409 e. The summed E-state index contributed by atoms with van der Waals surface area (Å²) >= 11 is 0. The van der Waals surface area contributed by atoms with Crippen LogP contribution in [0.5, 0.6) is 0 Å². The average molecular weight is 348 g/mol. The fourth-order valence-electron chi connectivity index (χ4n) is 3.03. The molecule has 2 saturated heterocycles. The molecule has 10 heteroatoms. The van der Waals surface area contributed by atoms with Gasteiger partial charge in [-0.05, 0) is 32.6 Å². The number of rotatable bonds is 4. The van der Waals surface area contributed by atoms with Crippen LogP contribution in [0.2, 0.25) is 0 Å². The summed E-state index contributed by atoms with van der Waals surface area (Å²) in [5.74, 6) is -0.314. The molecule has 3 N–H and O–H groups in total. The van der Waals surface area contributed by atoms with Crippen molar-refractivity contribution < 1.29 is 22.7 Å². The highest BCUT2D eigenvalue weighted by Crippen LogP contribution is 2.20. The Bertz CT molecular complexity index is 545. The van der Waals surface area contributed by atoms with Gasteiger partial charge < -0.3 is 15.0 Å². The Hall–Kier alpha value is -1.39. The van der Waals surface area contributed by atoms with Gasteiger partial charge in [0.2, 0.25) is 5.91 Å². The summed E-state index contributed by atoms with van der Waals surface area (Å²) in [6, 6.07) is -0.802. The molecule has 2 rings (SSSR count). The molecule has 1 unspecified atom stereocenters. The van der Waals surface area contributed by atoms with Crippen LogP contribution in [0.1, 0.15) is 32.6 Å². The summed E-state index contributed by atoms with van der Waals surface area (Å²) in [5, 5.41) is 8.02. The third kappa shape index (κ3) is 4.55. The van der Waals surface area contributed by atoms with Gasteiger partial charge in [-0.1, -0.05) is 0 Å². The van der Waals surface area contributed by atoms with Gasteiger partial charge in [0.15, 0.2) is 0 Å². The zero-order valence-electron chi connectivity index (χ0n) is 13.2. The molecule has 23 heavy (non-hydrogen) atoms. The van der Waals surface area contributed by atoms with Crippen LogP contribution in [0.4, 0.5) is 4.79 Å². The van der Waals surface area contributed by atoms with Crippen molar-refractivity contribution in [3.63, 3.8) is 0 Å². The summed E-state index contributed by atoms with van der Waals surface area (Å²) in [6.45, 7) is 3.38. The lowest BCUT2D eigenvalue weighted by Crippen LogP contribution is -2.53. The minimum atomic E-state index is -3.86. The first kappa shape index (κ1) is 18.0. The van der Waals surface area contributed by atoms with E-state index >= 15 is 0 Å². The molecule has 0 saturated carbocycles. The van der Waals surface area contributed by atoms with E-state index in [1.54, 1.807) is 11.8 Å². The normalized spacial score (nSPS) is 23.7. The zero-order valence-corrected chi connectivity index (χ0v) is 14.0.